The molecule has 0 bridgehead atoms. The zero-order valence-corrected chi connectivity index (χ0v) is 9.07. The van der Waals surface area contributed by atoms with Gasteiger partial charge in [-0.1, -0.05) is 0 Å². The van der Waals surface area contributed by atoms with E-state index in [4.69, 9.17) is 11.1 Å². The van der Waals surface area contributed by atoms with Gasteiger partial charge in [0.2, 0.25) is 0 Å². The normalized spacial score (nSPS) is 30.8. The standard InChI is InChI=1S/C5H10N2O3S2.ClH/c6-5(7)11-4-2-12(9,10)1-3(4)8;/h3-4,8H,1-2H2,(H3,6,7);1H/t3-,4-;/m0./s1. The van der Waals surface area contributed by atoms with Crippen molar-refractivity contribution in [2.75, 3.05) is 11.5 Å². The van der Waals surface area contributed by atoms with Crippen LogP contribution in [0.15, 0.2) is 0 Å². The number of rotatable bonds is 1. The number of thioether (sulfide) groups is 1. The topological polar surface area (TPSA) is 106 Å². The molecular formula is C5H11ClN2O3S2. The third-order valence-electron chi connectivity index (χ3n) is 1.56. The fraction of sp³-hybridized carbons (Fsp3) is 0.800. The van der Waals surface area contributed by atoms with Gasteiger partial charge in [0.15, 0.2) is 9.84 Å². The summed E-state index contributed by atoms with van der Waals surface area (Å²) in [5.74, 6) is -0.228. The number of halogens is 1. The molecule has 0 aromatic carbocycles. The summed E-state index contributed by atoms with van der Waals surface area (Å²) in [6.45, 7) is 0. The second kappa shape index (κ2) is 4.50. The molecular weight excluding hydrogens is 236 g/mol. The molecule has 5 N–H and O–H groups in total. The van der Waals surface area contributed by atoms with Gasteiger partial charge in [-0.25, -0.2) is 8.42 Å². The average Bonchev–Trinajstić information content (AvgIpc) is 2.03. The molecule has 0 aliphatic carbocycles. The smallest absolute Gasteiger partial charge is 0.300 e. The van der Waals surface area contributed by atoms with Crippen molar-refractivity contribution in [3.63, 3.8) is 0 Å². The lowest BCUT2D eigenvalue weighted by Gasteiger charge is -2.06. The SMILES string of the molecule is NC(=[NH2+])S[C@H]1CS(=O)(=O)C[C@@H]1O.[Cl-]. The second-order valence-electron chi connectivity index (χ2n) is 2.70. The minimum Gasteiger partial charge on any atom is -1.00 e. The molecule has 0 spiro atoms. The summed E-state index contributed by atoms with van der Waals surface area (Å²) in [5, 5.41) is 14.1. The first kappa shape index (κ1) is 13.0. The Morgan fingerprint density at radius 3 is 2.38 bits per heavy atom. The average molecular weight is 247 g/mol. The number of amidine groups is 1. The predicted octanol–water partition coefficient (Wildman–Crippen LogP) is -6.04. The molecule has 0 amide bonds. The molecule has 5 nitrogen and oxygen atoms in total. The Bertz CT molecular complexity index is 292. The van der Waals surface area contributed by atoms with Crippen LogP contribution in [-0.4, -0.2) is 41.6 Å². The van der Waals surface area contributed by atoms with Gasteiger partial charge in [-0.3, -0.25) is 11.1 Å². The first-order valence-electron chi connectivity index (χ1n) is 3.34. The van der Waals surface area contributed by atoms with Crippen molar-refractivity contribution in [2.24, 2.45) is 5.73 Å². The van der Waals surface area contributed by atoms with Gasteiger partial charge in [0.25, 0.3) is 5.17 Å². The molecule has 1 aliphatic heterocycles. The van der Waals surface area contributed by atoms with Crippen molar-refractivity contribution >= 4 is 26.8 Å². The van der Waals surface area contributed by atoms with Crippen molar-refractivity contribution in [3.8, 4) is 0 Å². The summed E-state index contributed by atoms with van der Waals surface area (Å²) < 4.78 is 21.9. The maximum Gasteiger partial charge on any atom is 0.300 e. The molecule has 0 aromatic rings. The fourth-order valence-corrected chi connectivity index (χ4v) is 4.31. The van der Waals surface area contributed by atoms with E-state index in [2.05, 4.69) is 0 Å². The van der Waals surface area contributed by atoms with Gasteiger partial charge in [0.05, 0.1) is 22.9 Å². The van der Waals surface area contributed by atoms with Gasteiger partial charge in [0.1, 0.15) is 0 Å². The lowest BCUT2D eigenvalue weighted by atomic mass is 10.3. The van der Waals surface area contributed by atoms with Gasteiger partial charge in [-0.2, -0.15) is 0 Å². The molecule has 2 atom stereocenters. The Balaban J connectivity index is 0.00000144. The van der Waals surface area contributed by atoms with E-state index in [1.807, 2.05) is 0 Å². The Morgan fingerprint density at radius 1 is 1.54 bits per heavy atom. The minimum atomic E-state index is -3.09. The lowest BCUT2D eigenvalue weighted by Crippen LogP contribution is -3.00. The third-order valence-corrected chi connectivity index (χ3v) is 4.54. The number of hydrogen-bond acceptors (Lipinski definition) is 4. The highest BCUT2D eigenvalue weighted by Gasteiger charge is 2.38. The van der Waals surface area contributed by atoms with Crippen LogP contribution in [0.1, 0.15) is 0 Å². The quantitative estimate of drug-likeness (QED) is 0.316. The summed E-state index contributed by atoms with van der Waals surface area (Å²) in [6, 6.07) is 0. The summed E-state index contributed by atoms with van der Waals surface area (Å²) >= 11 is 1.02. The molecule has 0 unspecified atom stereocenters. The zero-order valence-electron chi connectivity index (χ0n) is 6.68. The molecule has 0 aromatic heterocycles. The van der Waals surface area contributed by atoms with Crippen molar-refractivity contribution in [2.45, 2.75) is 11.4 Å². The number of sulfone groups is 1. The van der Waals surface area contributed by atoms with E-state index in [1.54, 1.807) is 0 Å². The van der Waals surface area contributed by atoms with E-state index in [1.165, 1.54) is 0 Å². The molecule has 1 rings (SSSR count). The molecule has 0 radical (unpaired) electrons. The Kier molecular flexibility index (Phi) is 4.50. The van der Waals surface area contributed by atoms with Crippen LogP contribution in [0.3, 0.4) is 0 Å². The highest BCUT2D eigenvalue weighted by atomic mass is 35.5. The first-order chi connectivity index (χ1) is 5.41. The first-order valence-corrected chi connectivity index (χ1v) is 6.04. The molecule has 78 valence electrons. The predicted molar refractivity (Wildman–Crippen MR) is 47.2 cm³/mol. The van der Waals surface area contributed by atoms with E-state index >= 15 is 0 Å². The van der Waals surface area contributed by atoms with E-state index in [0.29, 0.717) is 0 Å². The van der Waals surface area contributed by atoms with Crippen LogP contribution in [0.25, 0.3) is 0 Å². The Hall–Kier alpha value is 0.0200. The van der Waals surface area contributed by atoms with Gasteiger partial charge >= 0.3 is 0 Å². The summed E-state index contributed by atoms with van der Waals surface area (Å²) in [6.07, 6.45) is -0.845. The summed E-state index contributed by atoms with van der Waals surface area (Å²) in [5.41, 5.74) is 5.17. The Labute approximate surface area is 86.9 Å². The highest BCUT2D eigenvalue weighted by molar-refractivity contribution is 8.14. The van der Waals surface area contributed by atoms with Crippen molar-refractivity contribution in [3.05, 3.63) is 0 Å². The lowest BCUT2D eigenvalue weighted by molar-refractivity contribution is -0.110. The van der Waals surface area contributed by atoms with Crippen molar-refractivity contribution in [1.29, 1.82) is 0 Å². The maximum absolute atomic E-state index is 11.0. The van der Waals surface area contributed by atoms with Gasteiger partial charge in [-0.05, 0) is 11.8 Å². The number of aliphatic hydroxyl groups is 1. The molecule has 8 heteroatoms. The van der Waals surface area contributed by atoms with Gasteiger partial charge in [0, 0.05) is 0 Å². The summed E-state index contributed by atoms with van der Waals surface area (Å²) in [4.78, 5) is 0. The van der Waals surface area contributed by atoms with Gasteiger partial charge < -0.3 is 17.5 Å². The molecule has 1 fully saturated rings. The molecule has 1 aliphatic rings. The highest BCUT2D eigenvalue weighted by Crippen LogP contribution is 2.23. The number of nitrogens with two attached hydrogens (primary N) is 2. The molecule has 1 saturated heterocycles. The molecule has 0 saturated carbocycles. The number of aliphatic hydroxyl groups excluding tert-OH is 1. The largest absolute Gasteiger partial charge is 1.00 e. The van der Waals surface area contributed by atoms with Crippen LogP contribution in [0, 0.1) is 0 Å². The van der Waals surface area contributed by atoms with Crippen LogP contribution in [0.5, 0.6) is 0 Å². The van der Waals surface area contributed by atoms with Crippen LogP contribution in [-0.2, 0) is 9.84 Å². The van der Waals surface area contributed by atoms with Crippen LogP contribution in [0.4, 0.5) is 0 Å². The Morgan fingerprint density at radius 2 is 2.08 bits per heavy atom. The molecule has 1 heterocycles. The number of hydrogen-bond donors (Lipinski definition) is 3. The van der Waals surface area contributed by atoms with Crippen molar-refractivity contribution in [1.82, 2.24) is 0 Å². The van der Waals surface area contributed by atoms with E-state index in [9.17, 15) is 13.5 Å². The maximum atomic E-state index is 11.0. The fourth-order valence-electron chi connectivity index (χ4n) is 1.08. The second-order valence-corrected chi connectivity index (χ2v) is 6.17. The third kappa shape index (κ3) is 3.72. The van der Waals surface area contributed by atoms with Crippen LogP contribution in [0.2, 0.25) is 0 Å². The van der Waals surface area contributed by atoms with Crippen LogP contribution >= 0.6 is 11.8 Å². The van der Waals surface area contributed by atoms with Crippen LogP contribution < -0.4 is 23.5 Å². The van der Waals surface area contributed by atoms with Gasteiger partial charge in [-0.15, -0.1) is 0 Å². The molecule has 13 heavy (non-hydrogen) atoms. The minimum absolute atomic E-state index is 0. The van der Waals surface area contributed by atoms with E-state index in [-0.39, 0.29) is 29.1 Å². The van der Waals surface area contributed by atoms with E-state index < -0.39 is 21.2 Å². The zero-order chi connectivity index (χ0) is 9.35. The monoisotopic (exact) mass is 246 g/mol. The van der Waals surface area contributed by atoms with E-state index in [0.717, 1.165) is 11.8 Å². The van der Waals surface area contributed by atoms with Crippen molar-refractivity contribution < 1.29 is 31.3 Å². The summed E-state index contributed by atoms with van der Waals surface area (Å²) in [7, 11) is -3.09.